The Morgan fingerprint density at radius 2 is 1.59 bits per heavy atom. The lowest BCUT2D eigenvalue weighted by Gasteiger charge is -2.04. The van der Waals surface area contributed by atoms with Crippen molar-refractivity contribution in [2.75, 3.05) is 0 Å². The van der Waals surface area contributed by atoms with Crippen molar-refractivity contribution in [3.63, 3.8) is 0 Å². The van der Waals surface area contributed by atoms with Crippen molar-refractivity contribution >= 4 is 21.8 Å². The Morgan fingerprint density at radius 3 is 2.18 bits per heavy atom. The highest BCUT2D eigenvalue weighted by molar-refractivity contribution is 7.86. The number of benzene rings is 2. The zero-order chi connectivity index (χ0) is 12.5. The van der Waals surface area contributed by atoms with Gasteiger partial charge in [0, 0.05) is 0 Å². The normalized spacial score (nSPS) is 11.4. The topological polar surface area (TPSA) is 34.1 Å². The Labute approximate surface area is 104 Å². The molecule has 0 fully saturated rings. The lowest BCUT2D eigenvalue weighted by molar-refractivity contribution is 0.552. The van der Waals surface area contributed by atoms with Gasteiger partial charge in [0.2, 0.25) is 0 Å². The first-order valence-corrected chi connectivity index (χ1v) is 6.54. The Morgan fingerprint density at radius 1 is 0.941 bits per heavy atom. The van der Waals surface area contributed by atoms with Crippen LogP contribution in [0.2, 0.25) is 5.02 Å². The van der Waals surface area contributed by atoms with Crippen molar-refractivity contribution in [2.24, 2.45) is 0 Å². The van der Waals surface area contributed by atoms with E-state index in [2.05, 4.69) is 0 Å². The van der Waals surface area contributed by atoms with Gasteiger partial charge in [0.05, 0.1) is 5.02 Å². The molecule has 0 atom stereocenters. The average molecular weight is 271 g/mol. The molecule has 88 valence electrons. The van der Waals surface area contributed by atoms with Crippen LogP contribution in [0.3, 0.4) is 0 Å². The van der Waals surface area contributed by atoms with Gasteiger partial charge in [0.25, 0.3) is 0 Å². The van der Waals surface area contributed by atoms with E-state index >= 15 is 0 Å². The molecule has 0 saturated heterocycles. The van der Waals surface area contributed by atoms with E-state index in [4.69, 9.17) is 11.6 Å². The maximum Gasteiger partial charge on any atom is 0.333 e. The summed E-state index contributed by atoms with van der Waals surface area (Å²) >= 11 is 5.65. The van der Waals surface area contributed by atoms with Gasteiger partial charge < -0.3 is 0 Å². The number of hydrogen-bond acceptors (Lipinski definition) is 2. The Hall–Kier alpha value is -1.39. The highest BCUT2D eigenvalue weighted by atomic mass is 35.5. The van der Waals surface area contributed by atoms with Gasteiger partial charge in [-0.05, 0) is 23.3 Å². The summed E-state index contributed by atoms with van der Waals surface area (Å²) < 4.78 is 34.7. The summed E-state index contributed by atoms with van der Waals surface area (Å²) in [5, 5.41) is -0.118. The molecule has 2 aromatic carbocycles. The fraction of sp³-hybridized carbons (Fsp3) is 0. The third-order valence-corrected chi connectivity index (χ3v) is 3.61. The van der Waals surface area contributed by atoms with Crippen molar-refractivity contribution in [3.05, 3.63) is 53.6 Å². The Bertz CT molecular complexity index is 639. The van der Waals surface area contributed by atoms with Gasteiger partial charge in [-0.3, -0.25) is 0 Å². The first-order valence-electron chi connectivity index (χ1n) is 4.78. The minimum absolute atomic E-state index is 0.118. The van der Waals surface area contributed by atoms with Gasteiger partial charge in [0.1, 0.15) is 4.90 Å². The fourth-order valence-electron chi connectivity index (χ4n) is 1.50. The zero-order valence-corrected chi connectivity index (χ0v) is 10.2. The lowest BCUT2D eigenvalue weighted by Crippen LogP contribution is -1.93. The second-order valence-corrected chi connectivity index (χ2v) is 5.17. The minimum atomic E-state index is -4.80. The molecule has 0 aromatic heterocycles. The fourth-order valence-corrected chi connectivity index (χ4v) is 2.46. The van der Waals surface area contributed by atoms with E-state index in [1.807, 2.05) is 18.2 Å². The number of rotatable bonds is 2. The standard InChI is InChI=1S/C12H8ClFO2S/c13-11-7-6-10(8-12(11)17(14,15)16)9-4-2-1-3-5-9/h1-8H. The predicted molar refractivity (Wildman–Crippen MR) is 65.2 cm³/mol. The van der Waals surface area contributed by atoms with E-state index in [0.717, 1.165) is 5.56 Å². The molecule has 0 aliphatic carbocycles. The van der Waals surface area contributed by atoms with E-state index in [0.29, 0.717) is 5.56 Å². The molecule has 0 heterocycles. The smallest absolute Gasteiger partial charge is 0.189 e. The average Bonchev–Trinajstić information content (AvgIpc) is 2.29. The molecule has 5 heteroatoms. The van der Waals surface area contributed by atoms with Gasteiger partial charge >= 0.3 is 10.2 Å². The van der Waals surface area contributed by atoms with Crippen molar-refractivity contribution in [1.29, 1.82) is 0 Å². The number of halogens is 2. The molecular weight excluding hydrogens is 263 g/mol. The Balaban J connectivity index is 2.61. The number of hydrogen-bond donors (Lipinski definition) is 0. The van der Waals surface area contributed by atoms with Crippen LogP contribution in [0, 0.1) is 0 Å². The van der Waals surface area contributed by atoms with E-state index in [-0.39, 0.29) is 5.02 Å². The molecule has 0 bridgehead atoms. The molecule has 2 nitrogen and oxygen atoms in total. The van der Waals surface area contributed by atoms with Crippen LogP contribution >= 0.6 is 11.6 Å². The van der Waals surface area contributed by atoms with Crippen LogP contribution in [0.25, 0.3) is 11.1 Å². The second-order valence-electron chi connectivity index (χ2n) is 3.45. The summed E-state index contributed by atoms with van der Waals surface area (Å²) in [5.41, 5.74) is 1.40. The van der Waals surface area contributed by atoms with E-state index in [1.165, 1.54) is 12.1 Å². The van der Waals surface area contributed by atoms with Gasteiger partial charge in [-0.1, -0.05) is 48.0 Å². The van der Waals surface area contributed by atoms with Crippen LogP contribution in [-0.4, -0.2) is 8.42 Å². The molecule has 0 N–H and O–H groups in total. The maximum atomic E-state index is 13.0. The van der Waals surface area contributed by atoms with Crippen molar-refractivity contribution in [1.82, 2.24) is 0 Å². The van der Waals surface area contributed by atoms with Gasteiger partial charge in [0.15, 0.2) is 0 Å². The first-order chi connectivity index (χ1) is 7.98. The van der Waals surface area contributed by atoms with Crippen LogP contribution in [0.4, 0.5) is 3.89 Å². The molecule has 2 aromatic rings. The third-order valence-electron chi connectivity index (χ3n) is 2.30. The van der Waals surface area contributed by atoms with Crippen LogP contribution < -0.4 is 0 Å². The molecule has 2 rings (SSSR count). The molecule has 0 unspecified atom stereocenters. The summed E-state index contributed by atoms with van der Waals surface area (Å²) in [6.45, 7) is 0. The highest BCUT2D eigenvalue weighted by Gasteiger charge is 2.17. The van der Waals surface area contributed by atoms with Crippen molar-refractivity contribution in [2.45, 2.75) is 4.90 Å². The first kappa shape index (κ1) is 12.1. The quantitative estimate of drug-likeness (QED) is 0.781. The summed E-state index contributed by atoms with van der Waals surface area (Å²) in [5.74, 6) is 0. The largest absolute Gasteiger partial charge is 0.333 e. The second kappa shape index (κ2) is 4.47. The van der Waals surface area contributed by atoms with Crippen LogP contribution in [-0.2, 0) is 10.2 Å². The third kappa shape index (κ3) is 2.65. The lowest BCUT2D eigenvalue weighted by atomic mass is 10.1. The van der Waals surface area contributed by atoms with E-state index < -0.39 is 15.1 Å². The molecule has 0 aliphatic rings. The molecule has 0 radical (unpaired) electrons. The molecule has 0 saturated carbocycles. The van der Waals surface area contributed by atoms with Gasteiger partial charge in [-0.2, -0.15) is 8.42 Å². The van der Waals surface area contributed by atoms with Crippen LogP contribution in [0.15, 0.2) is 53.4 Å². The van der Waals surface area contributed by atoms with Crippen LogP contribution in [0.5, 0.6) is 0 Å². The van der Waals surface area contributed by atoms with Crippen molar-refractivity contribution < 1.29 is 12.3 Å². The van der Waals surface area contributed by atoms with Crippen LogP contribution in [0.1, 0.15) is 0 Å². The summed E-state index contributed by atoms with van der Waals surface area (Å²) in [7, 11) is -4.80. The van der Waals surface area contributed by atoms with Crippen molar-refractivity contribution in [3.8, 4) is 11.1 Å². The monoisotopic (exact) mass is 270 g/mol. The van der Waals surface area contributed by atoms with Gasteiger partial charge in [-0.25, -0.2) is 0 Å². The maximum absolute atomic E-state index is 13.0. The minimum Gasteiger partial charge on any atom is -0.189 e. The van der Waals surface area contributed by atoms with Gasteiger partial charge in [-0.15, -0.1) is 3.89 Å². The van der Waals surface area contributed by atoms with E-state index in [1.54, 1.807) is 18.2 Å². The molecule has 0 spiro atoms. The van der Waals surface area contributed by atoms with E-state index in [9.17, 15) is 12.3 Å². The summed E-state index contributed by atoms with van der Waals surface area (Å²) in [6, 6.07) is 13.3. The zero-order valence-electron chi connectivity index (χ0n) is 8.60. The predicted octanol–water partition coefficient (Wildman–Crippen LogP) is 3.67. The molecule has 0 aliphatic heterocycles. The summed E-state index contributed by atoms with van der Waals surface area (Å²) in [4.78, 5) is -0.500. The summed E-state index contributed by atoms with van der Waals surface area (Å²) in [6.07, 6.45) is 0. The molecular formula is C12H8ClFO2S. The molecule has 17 heavy (non-hydrogen) atoms. The Kier molecular flexibility index (Phi) is 3.17. The highest BCUT2D eigenvalue weighted by Crippen LogP contribution is 2.29. The molecule has 0 amide bonds. The SMILES string of the molecule is O=S(=O)(F)c1cc(-c2ccccc2)ccc1Cl.